The van der Waals surface area contributed by atoms with Crippen molar-refractivity contribution >= 4 is 5.97 Å². The first-order valence-corrected chi connectivity index (χ1v) is 4.40. The lowest BCUT2D eigenvalue weighted by Crippen LogP contribution is -2.19. The number of methoxy groups -OCH3 is 2. The molecule has 0 saturated carbocycles. The molecule has 0 radical (unpaired) electrons. The summed E-state index contributed by atoms with van der Waals surface area (Å²) in [6.45, 7) is 0. The van der Waals surface area contributed by atoms with Gasteiger partial charge in [-0.2, -0.15) is 0 Å². The maximum absolute atomic E-state index is 12.1. The van der Waals surface area contributed by atoms with Crippen LogP contribution in [0.2, 0.25) is 0 Å². The number of hydrogen-bond donors (Lipinski definition) is 0. The molecule has 4 nitrogen and oxygen atoms in total. The van der Waals surface area contributed by atoms with E-state index in [1.54, 1.807) is 0 Å². The Labute approximate surface area is 94.9 Å². The molecular weight excluding hydrogens is 241 g/mol. The van der Waals surface area contributed by atoms with E-state index in [9.17, 15) is 18.0 Å². The number of ether oxygens (including phenoxy) is 3. The van der Waals surface area contributed by atoms with Gasteiger partial charge < -0.3 is 14.2 Å². The Morgan fingerprint density at radius 1 is 1.18 bits per heavy atom. The zero-order chi connectivity index (χ0) is 13.1. The van der Waals surface area contributed by atoms with Crippen LogP contribution in [0.15, 0.2) is 18.2 Å². The number of alkyl halides is 3. The Bertz CT molecular complexity index is 415. The van der Waals surface area contributed by atoms with E-state index in [0.29, 0.717) is 0 Å². The molecule has 0 N–H and O–H groups in total. The molecule has 0 saturated heterocycles. The highest BCUT2D eigenvalue weighted by Gasteiger charge is 2.34. The fraction of sp³-hybridized carbons (Fsp3) is 0.300. The zero-order valence-electron chi connectivity index (χ0n) is 9.00. The van der Waals surface area contributed by atoms with Gasteiger partial charge in [-0.15, -0.1) is 13.2 Å². The number of carbonyl (C=O) groups excluding carboxylic acids is 1. The van der Waals surface area contributed by atoms with Gasteiger partial charge in [0.25, 0.3) is 0 Å². The summed E-state index contributed by atoms with van der Waals surface area (Å²) in [5, 5.41) is 0. The smallest absolute Gasteiger partial charge is 0.496 e. The molecule has 1 aromatic carbocycles. The van der Waals surface area contributed by atoms with Gasteiger partial charge in [0, 0.05) is 0 Å². The van der Waals surface area contributed by atoms with E-state index in [4.69, 9.17) is 4.74 Å². The average molecular weight is 250 g/mol. The molecule has 7 heteroatoms. The molecule has 94 valence electrons. The molecule has 0 spiro atoms. The molecule has 0 unspecified atom stereocenters. The summed E-state index contributed by atoms with van der Waals surface area (Å²) in [6, 6.07) is 3.60. The van der Waals surface area contributed by atoms with Gasteiger partial charge in [0.15, 0.2) is 0 Å². The third-order valence-electron chi connectivity index (χ3n) is 1.82. The van der Waals surface area contributed by atoms with Crippen LogP contribution in [0.1, 0.15) is 10.4 Å². The Morgan fingerprint density at radius 2 is 1.76 bits per heavy atom. The minimum Gasteiger partial charge on any atom is -0.496 e. The van der Waals surface area contributed by atoms with E-state index in [2.05, 4.69) is 9.47 Å². The summed E-state index contributed by atoms with van der Waals surface area (Å²) >= 11 is 0. The quantitative estimate of drug-likeness (QED) is 0.772. The Balaban J connectivity index is 3.24. The van der Waals surface area contributed by atoms with Crippen LogP contribution in [-0.4, -0.2) is 26.6 Å². The zero-order valence-corrected chi connectivity index (χ0v) is 9.00. The highest BCUT2D eigenvalue weighted by molar-refractivity contribution is 5.95. The van der Waals surface area contributed by atoms with Crippen molar-refractivity contribution in [2.24, 2.45) is 0 Å². The van der Waals surface area contributed by atoms with Crippen LogP contribution < -0.4 is 9.47 Å². The predicted molar refractivity (Wildman–Crippen MR) is 51.0 cm³/mol. The first-order chi connectivity index (χ1) is 7.89. The molecule has 0 amide bonds. The summed E-state index contributed by atoms with van der Waals surface area (Å²) < 4.78 is 49.2. The SMILES string of the molecule is COC(=O)c1c(OC)cccc1OC(F)(F)F. The summed E-state index contributed by atoms with van der Waals surface area (Å²) in [4.78, 5) is 11.4. The van der Waals surface area contributed by atoms with E-state index in [0.717, 1.165) is 13.2 Å². The molecule has 1 aromatic rings. The van der Waals surface area contributed by atoms with Crippen molar-refractivity contribution < 1.29 is 32.2 Å². The minimum atomic E-state index is -4.89. The van der Waals surface area contributed by atoms with Crippen molar-refractivity contribution in [3.8, 4) is 11.5 Å². The second-order valence-corrected chi connectivity index (χ2v) is 2.87. The molecule has 17 heavy (non-hydrogen) atoms. The van der Waals surface area contributed by atoms with Crippen molar-refractivity contribution in [1.29, 1.82) is 0 Å². The Morgan fingerprint density at radius 3 is 2.24 bits per heavy atom. The number of benzene rings is 1. The van der Waals surface area contributed by atoms with Gasteiger partial charge in [0.2, 0.25) is 0 Å². The lowest BCUT2D eigenvalue weighted by Gasteiger charge is -2.14. The Hall–Kier alpha value is -1.92. The molecule has 0 aliphatic rings. The first-order valence-electron chi connectivity index (χ1n) is 4.40. The minimum absolute atomic E-state index is 0.0569. The second-order valence-electron chi connectivity index (χ2n) is 2.87. The maximum Gasteiger partial charge on any atom is 0.573 e. The number of halogens is 3. The van der Waals surface area contributed by atoms with Gasteiger partial charge in [0.1, 0.15) is 17.1 Å². The molecule has 0 fully saturated rings. The monoisotopic (exact) mass is 250 g/mol. The molecule has 0 aliphatic heterocycles. The van der Waals surface area contributed by atoms with Crippen LogP contribution in [0.25, 0.3) is 0 Å². The van der Waals surface area contributed by atoms with Crippen molar-refractivity contribution in [2.75, 3.05) is 14.2 Å². The van der Waals surface area contributed by atoms with Gasteiger partial charge in [-0.1, -0.05) is 6.07 Å². The topological polar surface area (TPSA) is 44.8 Å². The van der Waals surface area contributed by atoms with Crippen LogP contribution in [0.4, 0.5) is 13.2 Å². The van der Waals surface area contributed by atoms with E-state index in [-0.39, 0.29) is 5.75 Å². The number of hydrogen-bond acceptors (Lipinski definition) is 4. The van der Waals surface area contributed by atoms with Crippen molar-refractivity contribution in [2.45, 2.75) is 6.36 Å². The van der Waals surface area contributed by atoms with Crippen molar-refractivity contribution in [3.05, 3.63) is 23.8 Å². The molecule has 0 aliphatic carbocycles. The van der Waals surface area contributed by atoms with Crippen LogP contribution in [0.3, 0.4) is 0 Å². The third-order valence-corrected chi connectivity index (χ3v) is 1.82. The number of esters is 1. The van der Waals surface area contributed by atoms with Crippen molar-refractivity contribution in [3.63, 3.8) is 0 Å². The van der Waals surface area contributed by atoms with Crippen molar-refractivity contribution in [1.82, 2.24) is 0 Å². The lowest BCUT2D eigenvalue weighted by atomic mass is 10.2. The molecule has 1 rings (SSSR count). The summed E-state index contributed by atoms with van der Waals surface area (Å²) in [5.41, 5.74) is -0.408. The second kappa shape index (κ2) is 4.94. The van der Waals surface area contributed by atoms with Gasteiger partial charge in [-0.25, -0.2) is 4.79 Å². The van der Waals surface area contributed by atoms with E-state index < -0.39 is 23.6 Å². The molecule has 0 heterocycles. The van der Waals surface area contributed by atoms with Gasteiger partial charge in [-0.3, -0.25) is 0 Å². The molecular formula is C10H9F3O4. The van der Waals surface area contributed by atoms with Crippen LogP contribution in [0, 0.1) is 0 Å². The first kappa shape index (κ1) is 13.1. The summed E-state index contributed by atoms with van der Waals surface area (Å²) in [5.74, 6) is -1.69. The van der Waals surface area contributed by atoms with Crippen LogP contribution in [0.5, 0.6) is 11.5 Å². The lowest BCUT2D eigenvalue weighted by molar-refractivity contribution is -0.274. The molecule has 0 atom stereocenters. The highest BCUT2D eigenvalue weighted by atomic mass is 19.4. The van der Waals surface area contributed by atoms with Gasteiger partial charge in [-0.05, 0) is 12.1 Å². The third kappa shape index (κ3) is 3.27. The van der Waals surface area contributed by atoms with Crippen LogP contribution >= 0.6 is 0 Å². The fourth-order valence-electron chi connectivity index (χ4n) is 1.19. The highest BCUT2D eigenvalue weighted by Crippen LogP contribution is 2.32. The average Bonchev–Trinajstić information content (AvgIpc) is 2.25. The number of rotatable bonds is 3. The predicted octanol–water partition coefficient (Wildman–Crippen LogP) is 2.38. The largest absolute Gasteiger partial charge is 0.573 e. The maximum atomic E-state index is 12.1. The standard InChI is InChI=1S/C10H9F3O4/c1-15-6-4-3-5-7(17-10(11,12)13)8(6)9(14)16-2/h3-5H,1-2H3. The summed E-state index contributed by atoms with van der Waals surface area (Å²) in [7, 11) is 2.27. The normalized spacial score (nSPS) is 10.9. The van der Waals surface area contributed by atoms with Crippen LogP contribution in [-0.2, 0) is 4.74 Å². The van der Waals surface area contributed by atoms with Gasteiger partial charge >= 0.3 is 12.3 Å². The summed E-state index contributed by atoms with van der Waals surface area (Å²) in [6.07, 6.45) is -4.89. The molecule has 0 aromatic heterocycles. The van der Waals surface area contributed by atoms with E-state index in [1.165, 1.54) is 19.2 Å². The van der Waals surface area contributed by atoms with E-state index in [1.807, 2.05) is 0 Å². The van der Waals surface area contributed by atoms with E-state index >= 15 is 0 Å². The molecule has 0 bridgehead atoms. The fourth-order valence-corrected chi connectivity index (χ4v) is 1.19. The van der Waals surface area contributed by atoms with Gasteiger partial charge in [0.05, 0.1) is 14.2 Å². The number of carbonyl (C=O) groups is 1. The Kier molecular flexibility index (Phi) is 3.82.